The lowest BCUT2D eigenvalue weighted by atomic mass is 10.8. The van der Waals surface area contributed by atoms with Gasteiger partial charge in [-0.2, -0.15) is 0 Å². The fraction of sp³-hybridized carbons (Fsp3) is 0.600. The molecule has 0 rings (SSSR count). The molecule has 40 valence electrons. The van der Waals surface area contributed by atoms with Gasteiger partial charge in [0.15, 0.2) is 0 Å². The summed E-state index contributed by atoms with van der Waals surface area (Å²) in [5.74, 6) is 2.61. The van der Waals surface area contributed by atoms with E-state index in [-0.39, 0.29) is 0 Å². The van der Waals surface area contributed by atoms with E-state index in [4.69, 9.17) is 4.74 Å². The van der Waals surface area contributed by atoms with Gasteiger partial charge < -0.3 is 4.74 Å². The molecule has 0 fully saturated rings. The predicted molar refractivity (Wildman–Crippen MR) is 33.2 cm³/mol. The molecular formula is C5H7BrO. The van der Waals surface area contributed by atoms with Crippen molar-refractivity contribution >= 4 is 15.9 Å². The number of hydrogen-bond donors (Lipinski definition) is 0. The molecule has 0 bridgehead atoms. The van der Waals surface area contributed by atoms with Crippen LogP contribution in [0.2, 0.25) is 0 Å². The minimum atomic E-state index is 0.668. The van der Waals surface area contributed by atoms with Gasteiger partial charge in [0.2, 0.25) is 0 Å². The molecule has 2 heteroatoms. The number of rotatable bonds is 2. The molecule has 0 aromatic rings. The molecule has 0 radical (unpaired) electrons. The third-order valence-electron chi connectivity index (χ3n) is 0.353. The van der Waals surface area contributed by atoms with Crippen LogP contribution < -0.4 is 0 Å². The SMILES string of the molecule is CC#COCCBr. The van der Waals surface area contributed by atoms with Crippen molar-refractivity contribution in [1.82, 2.24) is 0 Å². The summed E-state index contributed by atoms with van der Waals surface area (Å²) in [6, 6.07) is 0. The Morgan fingerprint density at radius 3 is 2.86 bits per heavy atom. The highest BCUT2D eigenvalue weighted by molar-refractivity contribution is 9.09. The average molecular weight is 163 g/mol. The maximum absolute atomic E-state index is 4.72. The Labute approximate surface area is 52.2 Å². The molecule has 0 unspecified atom stereocenters. The van der Waals surface area contributed by atoms with E-state index < -0.39 is 0 Å². The van der Waals surface area contributed by atoms with Crippen molar-refractivity contribution < 1.29 is 4.74 Å². The molecule has 7 heavy (non-hydrogen) atoms. The zero-order chi connectivity index (χ0) is 5.54. The lowest BCUT2D eigenvalue weighted by Gasteiger charge is -1.86. The summed E-state index contributed by atoms with van der Waals surface area (Å²) < 4.78 is 4.72. The standard InChI is InChI=1S/C5H7BrO/c1-2-4-7-5-3-6/h3,5H2,1H3. The van der Waals surface area contributed by atoms with Crippen LogP contribution in [0.15, 0.2) is 0 Å². The third kappa shape index (κ3) is 5.84. The fourth-order valence-electron chi connectivity index (χ4n) is 0.162. The molecule has 0 aliphatic heterocycles. The van der Waals surface area contributed by atoms with Crippen molar-refractivity contribution in [3.8, 4) is 12.0 Å². The van der Waals surface area contributed by atoms with Gasteiger partial charge in [-0.25, -0.2) is 0 Å². The lowest BCUT2D eigenvalue weighted by Crippen LogP contribution is -1.85. The van der Waals surface area contributed by atoms with Crippen LogP contribution in [0.25, 0.3) is 0 Å². The quantitative estimate of drug-likeness (QED) is 0.339. The first-order valence-electron chi connectivity index (χ1n) is 2.01. The monoisotopic (exact) mass is 162 g/mol. The molecule has 0 N–H and O–H groups in total. The number of alkyl halides is 1. The summed E-state index contributed by atoms with van der Waals surface area (Å²) in [5.41, 5.74) is 0. The summed E-state index contributed by atoms with van der Waals surface area (Å²) in [4.78, 5) is 0. The fourth-order valence-corrected chi connectivity index (χ4v) is 0.324. The van der Waals surface area contributed by atoms with E-state index in [1.807, 2.05) is 0 Å². The predicted octanol–water partition coefficient (Wildman–Crippen LogP) is 1.38. The van der Waals surface area contributed by atoms with Crippen LogP contribution in [0.1, 0.15) is 6.92 Å². The van der Waals surface area contributed by atoms with Crippen LogP contribution in [-0.4, -0.2) is 11.9 Å². The van der Waals surface area contributed by atoms with Gasteiger partial charge in [0.05, 0.1) is 0 Å². The zero-order valence-corrected chi connectivity index (χ0v) is 5.79. The largest absolute Gasteiger partial charge is 0.446 e. The minimum absolute atomic E-state index is 0.668. The molecule has 0 heterocycles. The lowest BCUT2D eigenvalue weighted by molar-refractivity contribution is 0.303. The summed E-state index contributed by atoms with van der Waals surface area (Å²) in [6.07, 6.45) is 2.47. The summed E-state index contributed by atoms with van der Waals surface area (Å²) in [5, 5.41) is 0.849. The van der Waals surface area contributed by atoms with Crippen molar-refractivity contribution in [2.45, 2.75) is 6.92 Å². The highest BCUT2D eigenvalue weighted by Gasteiger charge is 1.72. The van der Waals surface area contributed by atoms with Crippen LogP contribution in [0.4, 0.5) is 0 Å². The van der Waals surface area contributed by atoms with Crippen LogP contribution in [-0.2, 0) is 4.74 Å². The van der Waals surface area contributed by atoms with E-state index in [1.165, 1.54) is 0 Å². The van der Waals surface area contributed by atoms with Gasteiger partial charge in [0, 0.05) is 12.3 Å². The molecule has 0 saturated carbocycles. The van der Waals surface area contributed by atoms with E-state index in [0.29, 0.717) is 6.61 Å². The van der Waals surface area contributed by atoms with E-state index >= 15 is 0 Å². The highest BCUT2D eigenvalue weighted by Crippen LogP contribution is 1.77. The topological polar surface area (TPSA) is 9.23 Å². The Kier molecular flexibility index (Phi) is 5.71. The van der Waals surface area contributed by atoms with E-state index in [2.05, 4.69) is 28.0 Å². The Balaban J connectivity index is 2.78. The summed E-state index contributed by atoms with van der Waals surface area (Å²) in [7, 11) is 0. The maximum atomic E-state index is 4.72. The molecule has 0 aromatic heterocycles. The first-order chi connectivity index (χ1) is 3.41. The van der Waals surface area contributed by atoms with Crippen LogP contribution in [0.3, 0.4) is 0 Å². The molecule has 0 aromatic carbocycles. The number of ether oxygens (including phenoxy) is 1. The smallest absolute Gasteiger partial charge is 0.110 e. The normalized spacial score (nSPS) is 6.57. The Bertz CT molecular complexity index is 79.8. The number of hydrogen-bond acceptors (Lipinski definition) is 1. The number of halogens is 1. The highest BCUT2D eigenvalue weighted by atomic mass is 79.9. The first-order valence-corrected chi connectivity index (χ1v) is 3.13. The molecule has 1 nitrogen and oxygen atoms in total. The van der Waals surface area contributed by atoms with E-state index in [0.717, 1.165) is 5.33 Å². The van der Waals surface area contributed by atoms with Crippen molar-refractivity contribution in [2.75, 3.05) is 11.9 Å². The van der Waals surface area contributed by atoms with E-state index in [1.54, 1.807) is 6.92 Å². The first kappa shape index (κ1) is 6.84. The van der Waals surface area contributed by atoms with Crippen molar-refractivity contribution in [1.29, 1.82) is 0 Å². The third-order valence-corrected chi connectivity index (χ3v) is 0.677. The van der Waals surface area contributed by atoms with Crippen molar-refractivity contribution in [3.05, 3.63) is 0 Å². The van der Waals surface area contributed by atoms with Gasteiger partial charge in [0.1, 0.15) is 12.7 Å². The van der Waals surface area contributed by atoms with Gasteiger partial charge in [0.25, 0.3) is 0 Å². The summed E-state index contributed by atoms with van der Waals surface area (Å²) in [6.45, 7) is 2.41. The molecule has 0 saturated heterocycles. The van der Waals surface area contributed by atoms with Crippen LogP contribution in [0, 0.1) is 12.0 Å². The minimum Gasteiger partial charge on any atom is -0.446 e. The van der Waals surface area contributed by atoms with E-state index in [9.17, 15) is 0 Å². The summed E-state index contributed by atoms with van der Waals surface area (Å²) >= 11 is 3.19. The van der Waals surface area contributed by atoms with Gasteiger partial charge in [-0.3, -0.25) is 0 Å². The Morgan fingerprint density at radius 2 is 2.43 bits per heavy atom. The van der Waals surface area contributed by atoms with Gasteiger partial charge in [-0.15, -0.1) is 0 Å². The van der Waals surface area contributed by atoms with Crippen LogP contribution >= 0.6 is 15.9 Å². The molecule has 0 amide bonds. The van der Waals surface area contributed by atoms with Crippen LogP contribution in [0.5, 0.6) is 0 Å². The molecular weight excluding hydrogens is 156 g/mol. The Hall–Kier alpha value is -0.160. The maximum Gasteiger partial charge on any atom is 0.110 e. The second kappa shape index (κ2) is 5.84. The van der Waals surface area contributed by atoms with Gasteiger partial charge in [-0.05, 0) is 0 Å². The Morgan fingerprint density at radius 1 is 1.71 bits per heavy atom. The second-order valence-corrected chi connectivity index (χ2v) is 1.68. The average Bonchev–Trinajstić information content (AvgIpc) is 1.69. The van der Waals surface area contributed by atoms with Crippen molar-refractivity contribution in [3.63, 3.8) is 0 Å². The molecule has 0 aliphatic rings. The molecule has 0 spiro atoms. The van der Waals surface area contributed by atoms with Crippen molar-refractivity contribution in [2.24, 2.45) is 0 Å². The molecule has 0 atom stereocenters. The second-order valence-electron chi connectivity index (χ2n) is 0.890. The van der Waals surface area contributed by atoms with Gasteiger partial charge in [-0.1, -0.05) is 21.9 Å². The zero-order valence-electron chi connectivity index (χ0n) is 4.20. The molecule has 0 aliphatic carbocycles. The van der Waals surface area contributed by atoms with Gasteiger partial charge >= 0.3 is 0 Å².